The average molecular weight is 481 g/mol. The average Bonchev–Trinajstić information content (AvgIpc) is 3.22. The Hall–Kier alpha value is -3.22. The molecule has 0 aliphatic carbocycles. The van der Waals surface area contributed by atoms with Crippen LogP contribution in [0.1, 0.15) is 29.1 Å². The van der Waals surface area contributed by atoms with Crippen LogP contribution in [0.3, 0.4) is 0 Å². The third-order valence-electron chi connectivity index (χ3n) is 5.14. The second-order valence-electron chi connectivity index (χ2n) is 7.55. The Bertz CT molecular complexity index is 1320. The van der Waals surface area contributed by atoms with Crippen LogP contribution in [0.2, 0.25) is 10.3 Å². The normalized spacial score (nSPS) is 11.4. The number of imidazole rings is 1. The van der Waals surface area contributed by atoms with Gasteiger partial charge in [0.05, 0.1) is 34.6 Å². The predicted molar refractivity (Wildman–Crippen MR) is 131 cm³/mol. The van der Waals surface area contributed by atoms with Crippen LogP contribution in [0.5, 0.6) is 5.75 Å². The van der Waals surface area contributed by atoms with Crippen molar-refractivity contribution in [2.45, 2.75) is 26.2 Å². The number of aryl methyl sites for hydroxylation is 2. The van der Waals surface area contributed by atoms with Gasteiger partial charge in [0.2, 0.25) is 5.28 Å². The molecule has 2 heterocycles. The molecule has 0 aliphatic rings. The van der Waals surface area contributed by atoms with Gasteiger partial charge in [-0.3, -0.25) is 4.79 Å². The molecule has 0 atom stereocenters. The van der Waals surface area contributed by atoms with Crippen molar-refractivity contribution in [3.05, 3.63) is 87.7 Å². The number of hydrogen-bond acceptors (Lipinski definition) is 5. The highest BCUT2D eigenvalue weighted by molar-refractivity contribution is 6.31. The summed E-state index contributed by atoms with van der Waals surface area (Å²) in [4.78, 5) is 28.1. The summed E-state index contributed by atoms with van der Waals surface area (Å²) in [5, 5.41) is 0.616. The van der Waals surface area contributed by atoms with Crippen LogP contribution >= 0.6 is 23.2 Å². The summed E-state index contributed by atoms with van der Waals surface area (Å²) in [7, 11) is 0. The van der Waals surface area contributed by atoms with Crippen molar-refractivity contribution in [2.24, 2.45) is 0 Å². The lowest BCUT2D eigenvalue weighted by atomic mass is 10.1. The molecular formula is C25H22Cl2N4O2. The van der Waals surface area contributed by atoms with Gasteiger partial charge in [0.1, 0.15) is 11.6 Å². The number of rotatable bonds is 9. The van der Waals surface area contributed by atoms with Gasteiger partial charge in [0, 0.05) is 25.3 Å². The van der Waals surface area contributed by atoms with Gasteiger partial charge in [0.25, 0.3) is 0 Å². The summed E-state index contributed by atoms with van der Waals surface area (Å²) in [6, 6.07) is 13.6. The summed E-state index contributed by atoms with van der Waals surface area (Å²) >= 11 is 11.9. The minimum atomic E-state index is 0.0613. The zero-order valence-electron chi connectivity index (χ0n) is 18.0. The third kappa shape index (κ3) is 6.18. The number of halogens is 2. The Morgan fingerprint density at radius 3 is 2.82 bits per heavy atom. The van der Waals surface area contributed by atoms with Crippen LogP contribution in [0.25, 0.3) is 17.1 Å². The van der Waals surface area contributed by atoms with Gasteiger partial charge in [-0.2, -0.15) is 0 Å². The number of H-pyrrole nitrogens is 1. The molecule has 1 N–H and O–H groups in total. The van der Waals surface area contributed by atoms with E-state index < -0.39 is 0 Å². The van der Waals surface area contributed by atoms with E-state index in [2.05, 4.69) is 19.9 Å². The molecule has 0 fully saturated rings. The molecule has 4 rings (SSSR count). The first-order valence-corrected chi connectivity index (χ1v) is 11.3. The van der Waals surface area contributed by atoms with Crippen molar-refractivity contribution >= 4 is 46.1 Å². The minimum absolute atomic E-state index is 0.0613. The molecule has 0 saturated heterocycles. The molecule has 2 aromatic carbocycles. The predicted octanol–water partition coefficient (Wildman–Crippen LogP) is 5.80. The standard InChI is InChI=1S/C25H22Cl2N4O2/c1-16-4-2-3-5-17(16)6-7-18(32)8-11-24-29-22-10-9-19(14-23(22)30-24)33-13-12-21-20(26)15-28-25(27)31-21/h2-7,9-10,14-15H,8,11-13H2,1H3,(H,29,30)/b7-6+. The second-order valence-corrected chi connectivity index (χ2v) is 8.30. The lowest BCUT2D eigenvalue weighted by Crippen LogP contribution is -2.04. The summed E-state index contributed by atoms with van der Waals surface area (Å²) < 4.78 is 5.83. The van der Waals surface area contributed by atoms with Gasteiger partial charge in [-0.25, -0.2) is 15.0 Å². The van der Waals surface area contributed by atoms with Crippen molar-refractivity contribution in [1.82, 2.24) is 19.9 Å². The minimum Gasteiger partial charge on any atom is -0.493 e. The molecule has 2 aromatic heterocycles. The Morgan fingerprint density at radius 2 is 1.97 bits per heavy atom. The number of nitrogens with zero attached hydrogens (tertiary/aromatic N) is 3. The van der Waals surface area contributed by atoms with Crippen molar-refractivity contribution < 1.29 is 9.53 Å². The quantitative estimate of drug-likeness (QED) is 0.241. The van der Waals surface area contributed by atoms with E-state index in [0.717, 1.165) is 28.0 Å². The maximum absolute atomic E-state index is 12.3. The van der Waals surface area contributed by atoms with E-state index in [0.29, 0.717) is 42.3 Å². The van der Waals surface area contributed by atoms with Gasteiger partial charge >= 0.3 is 0 Å². The molecule has 0 amide bonds. The first-order chi connectivity index (χ1) is 16.0. The topological polar surface area (TPSA) is 80.8 Å². The van der Waals surface area contributed by atoms with Gasteiger partial charge in [0.15, 0.2) is 5.78 Å². The number of allylic oxidation sites excluding steroid dienone is 1. The van der Waals surface area contributed by atoms with Crippen LogP contribution in [0, 0.1) is 6.92 Å². The maximum atomic E-state index is 12.3. The Balaban J connectivity index is 1.32. The number of aromatic nitrogens is 4. The molecule has 33 heavy (non-hydrogen) atoms. The number of carbonyl (C=O) groups is 1. The molecule has 6 nitrogen and oxygen atoms in total. The largest absolute Gasteiger partial charge is 0.493 e. The van der Waals surface area contributed by atoms with Crippen molar-refractivity contribution in [2.75, 3.05) is 6.61 Å². The van der Waals surface area contributed by atoms with E-state index in [4.69, 9.17) is 27.9 Å². The smallest absolute Gasteiger partial charge is 0.222 e. The molecule has 0 aliphatic heterocycles. The number of aromatic amines is 1. The SMILES string of the molecule is Cc1ccccc1/C=C/C(=O)CCc1nc2ccc(OCCc3nc(Cl)ncc3Cl)cc2[nH]1. The van der Waals surface area contributed by atoms with Crippen LogP contribution in [0.4, 0.5) is 0 Å². The molecule has 0 unspecified atom stereocenters. The van der Waals surface area contributed by atoms with Crippen molar-refractivity contribution in [1.29, 1.82) is 0 Å². The summed E-state index contributed by atoms with van der Waals surface area (Å²) in [5.41, 5.74) is 4.51. The zero-order chi connectivity index (χ0) is 23.2. The number of nitrogens with one attached hydrogen (secondary N) is 1. The lowest BCUT2D eigenvalue weighted by Gasteiger charge is -2.07. The first-order valence-electron chi connectivity index (χ1n) is 10.5. The highest BCUT2D eigenvalue weighted by Crippen LogP contribution is 2.21. The molecule has 0 saturated carbocycles. The van der Waals surface area contributed by atoms with Gasteiger partial charge in [-0.1, -0.05) is 41.9 Å². The summed E-state index contributed by atoms with van der Waals surface area (Å²) in [6.45, 7) is 2.42. The van der Waals surface area contributed by atoms with Crippen molar-refractivity contribution in [3.8, 4) is 5.75 Å². The number of ketones is 1. The highest BCUT2D eigenvalue weighted by atomic mass is 35.5. The highest BCUT2D eigenvalue weighted by Gasteiger charge is 2.08. The van der Waals surface area contributed by atoms with Crippen LogP contribution in [-0.2, 0) is 17.6 Å². The van der Waals surface area contributed by atoms with E-state index >= 15 is 0 Å². The van der Waals surface area contributed by atoms with E-state index in [-0.39, 0.29) is 11.1 Å². The summed E-state index contributed by atoms with van der Waals surface area (Å²) in [5.74, 6) is 1.53. The summed E-state index contributed by atoms with van der Waals surface area (Å²) in [6.07, 6.45) is 6.40. The number of carbonyl (C=O) groups excluding carboxylic acids is 1. The fourth-order valence-electron chi connectivity index (χ4n) is 3.35. The van der Waals surface area contributed by atoms with Gasteiger partial charge in [-0.05, 0) is 47.9 Å². The van der Waals surface area contributed by atoms with Gasteiger partial charge < -0.3 is 9.72 Å². The third-order valence-corrected chi connectivity index (χ3v) is 5.64. The van der Waals surface area contributed by atoms with Crippen LogP contribution < -0.4 is 4.74 Å². The number of ether oxygens (including phenoxy) is 1. The molecule has 8 heteroatoms. The van der Waals surface area contributed by atoms with E-state index in [1.807, 2.05) is 55.5 Å². The lowest BCUT2D eigenvalue weighted by molar-refractivity contribution is -0.114. The van der Waals surface area contributed by atoms with Crippen molar-refractivity contribution in [3.63, 3.8) is 0 Å². The van der Waals surface area contributed by atoms with E-state index in [1.165, 1.54) is 6.20 Å². The molecule has 0 bridgehead atoms. The van der Waals surface area contributed by atoms with E-state index in [9.17, 15) is 4.79 Å². The zero-order valence-corrected chi connectivity index (χ0v) is 19.5. The van der Waals surface area contributed by atoms with E-state index in [1.54, 1.807) is 6.08 Å². The molecule has 168 valence electrons. The fraction of sp³-hybridized carbons (Fsp3) is 0.200. The molecule has 4 aromatic rings. The number of hydrogen-bond donors (Lipinski definition) is 1. The first kappa shape index (κ1) is 23.0. The maximum Gasteiger partial charge on any atom is 0.222 e. The van der Waals surface area contributed by atoms with Crippen LogP contribution in [0.15, 0.2) is 54.7 Å². The molecule has 0 radical (unpaired) electrons. The Morgan fingerprint density at radius 1 is 1.12 bits per heavy atom. The Kier molecular flexibility index (Phi) is 7.37. The fourth-order valence-corrected chi connectivity index (χ4v) is 3.69. The molecule has 0 spiro atoms. The second kappa shape index (κ2) is 10.6. The van der Waals surface area contributed by atoms with Gasteiger partial charge in [-0.15, -0.1) is 0 Å². The number of fused-ring (bicyclic) bond motifs is 1. The number of benzene rings is 2. The van der Waals surface area contributed by atoms with Crippen LogP contribution in [-0.4, -0.2) is 32.3 Å². The Labute approximate surface area is 201 Å². The monoisotopic (exact) mass is 480 g/mol. The molecular weight excluding hydrogens is 459 g/mol.